The van der Waals surface area contributed by atoms with Crippen molar-refractivity contribution in [3.8, 4) is 5.69 Å². The predicted molar refractivity (Wildman–Crippen MR) is 120 cm³/mol. The fraction of sp³-hybridized carbons (Fsp3) is 0.217. The van der Waals surface area contributed by atoms with E-state index in [2.05, 4.69) is 4.98 Å². The van der Waals surface area contributed by atoms with Crippen molar-refractivity contribution in [2.45, 2.75) is 25.5 Å². The van der Waals surface area contributed by atoms with Crippen LogP contribution in [0.5, 0.6) is 0 Å². The maximum atomic E-state index is 13.8. The Labute approximate surface area is 186 Å². The lowest BCUT2D eigenvalue weighted by Gasteiger charge is -2.11. The number of nitrogens with zero attached hydrogens (tertiary/aromatic N) is 5. The van der Waals surface area contributed by atoms with Crippen molar-refractivity contribution in [1.29, 1.82) is 0 Å². The summed E-state index contributed by atoms with van der Waals surface area (Å²) >= 11 is 6.06. The third-order valence-electron chi connectivity index (χ3n) is 5.82. The largest absolute Gasteiger partial charge is 0.376 e. The number of ether oxygens (including phenoxy) is 1. The van der Waals surface area contributed by atoms with Crippen molar-refractivity contribution in [1.82, 2.24) is 24.1 Å². The van der Waals surface area contributed by atoms with Crippen LogP contribution >= 0.6 is 11.6 Å². The highest BCUT2D eigenvalue weighted by Gasteiger charge is 2.23. The molecule has 32 heavy (non-hydrogen) atoms. The second kappa shape index (κ2) is 7.36. The van der Waals surface area contributed by atoms with Crippen LogP contribution in [-0.4, -0.2) is 36.8 Å². The number of halogens is 2. The number of para-hydroxylation sites is 2. The van der Waals surface area contributed by atoms with E-state index in [-0.39, 0.29) is 16.7 Å². The van der Waals surface area contributed by atoms with Crippen molar-refractivity contribution < 1.29 is 9.13 Å². The van der Waals surface area contributed by atoms with E-state index in [1.54, 1.807) is 15.2 Å². The number of rotatable bonds is 3. The molecule has 0 amide bonds. The Bertz CT molecular complexity index is 1570. The minimum Gasteiger partial charge on any atom is -0.376 e. The Hall–Kier alpha value is -3.36. The molecule has 9 heteroatoms. The van der Waals surface area contributed by atoms with Crippen molar-refractivity contribution in [2.24, 2.45) is 0 Å². The molecule has 0 spiro atoms. The summed E-state index contributed by atoms with van der Waals surface area (Å²) in [6, 6.07) is 11.8. The summed E-state index contributed by atoms with van der Waals surface area (Å²) in [7, 11) is 0. The van der Waals surface area contributed by atoms with Crippen molar-refractivity contribution >= 4 is 44.8 Å². The van der Waals surface area contributed by atoms with Crippen LogP contribution in [0.4, 0.5) is 4.39 Å². The van der Waals surface area contributed by atoms with Gasteiger partial charge in [0.2, 0.25) is 0 Å². The highest BCUT2D eigenvalue weighted by atomic mass is 35.5. The molecular formula is C23H17ClFN5O2. The van der Waals surface area contributed by atoms with Crippen LogP contribution < -0.4 is 5.56 Å². The van der Waals surface area contributed by atoms with Gasteiger partial charge in [-0.05, 0) is 43.2 Å². The van der Waals surface area contributed by atoms with E-state index in [0.29, 0.717) is 52.1 Å². The van der Waals surface area contributed by atoms with Gasteiger partial charge in [-0.1, -0.05) is 23.7 Å². The van der Waals surface area contributed by atoms with Gasteiger partial charge >= 0.3 is 0 Å². The predicted octanol–water partition coefficient (Wildman–Crippen LogP) is 4.26. The SMILES string of the molecule is O=c1c2c3nc4ccccc4nc3n(-c3ccc(F)c(Cl)c3)c2ncn1C[C@H]1CCCO1. The summed E-state index contributed by atoms with van der Waals surface area (Å²) in [5.41, 5.74) is 2.98. The molecule has 0 unspecified atom stereocenters. The van der Waals surface area contributed by atoms with Crippen LogP contribution in [0.2, 0.25) is 5.02 Å². The first kappa shape index (κ1) is 19.3. The zero-order valence-electron chi connectivity index (χ0n) is 16.8. The van der Waals surface area contributed by atoms with E-state index in [9.17, 15) is 9.18 Å². The second-order valence-electron chi connectivity index (χ2n) is 7.85. The van der Waals surface area contributed by atoms with E-state index < -0.39 is 5.82 Å². The maximum Gasteiger partial charge on any atom is 0.265 e. The number of benzene rings is 2. The summed E-state index contributed by atoms with van der Waals surface area (Å²) in [4.78, 5) is 27.6. The third-order valence-corrected chi connectivity index (χ3v) is 6.11. The minimum absolute atomic E-state index is 0.0110. The van der Waals surface area contributed by atoms with Crippen molar-refractivity contribution in [3.05, 3.63) is 70.0 Å². The molecule has 0 saturated carbocycles. The van der Waals surface area contributed by atoms with Crippen LogP contribution in [0.1, 0.15) is 12.8 Å². The molecule has 1 fully saturated rings. The van der Waals surface area contributed by atoms with Crippen molar-refractivity contribution in [3.63, 3.8) is 0 Å². The van der Waals surface area contributed by atoms with Gasteiger partial charge in [0.1, 0.15) is 23.0 Å². The van der Waals surface area contributed by atoms with Crippen LogP contribution in [0.15, 0.2) is 53.6 Å². The molecule has 1 saturated heterocycles. The van der Waals surface area contributed by atoms with E-state index in [1.165, 1.54) is 18.5 Å². The number of aromatic nitrogens is 5. The lowest BCUT2D eigenvalue weighted by Crippen LogP contribution is -2.26. The molecule has 5 aromatic rings. The molecule has 0 radical (unpaired) electrons. The minimum atomic E-state index is -0.528. The van der Waals surface area contributed by atoms with E-state index in [0.717, 1.165) is 12.8 Å². The number of fused-ring (bicyclic) bond motifs is 4. The molecule has 7 nitrogen and oxygen atoms in total. The van der Waals surface area contributed by atoms with Gasteiger partial charge in [-0.3, -0.25) is 13.9 Å². The van der Waals surface area contributed by atoms with Gasteiger partial charge < -0.3 is 4.74 Å². The Morgan fingerprint density at radius 2 is 1.94 bits per heavy atom. The first-order valence-corrected chi connectivity index (χ1v) is 10.7. The average Bonchev–Trinajstić information content (AvgIpc) is 3.42. The van der Waals surface area contributed by atoms with Gasteiger partial charge in [0.15, 0.2) is 11.3 Å². The lowest BCUT2D eigenvalue weighted by molar-refractivity contribution is 0.0960. The number of hydrogen-bond acceptors (Lipinski definition) is 5. The molecule has 160 valence electrons. The first-order chi connectivity index (χ1) is 15.6. The van der Waals surface area contributed by atoms with Crippen LogP contribution in [-0.2, 0) is 11.3 Å². The van der Waals surface area contributed by atoms with Gasteiger partial charge in [0.05, 0.1) is 34.4 Å². The zero-order chi connectivity index (χ0) is 21.8. The summed E-state index contributed by atoms with van der Waals surface area (Å²) in [6.07, 6.45) is 3.40. The molecule has 6 rings (SSSR count). The second-order valence-corrected chi connectivity index (χ2v) is 8.26. The smallest absolute Gasteiger partial charge is 0.265 e. The van der Waals surface area contributed by atoms with E-state index in [1.807, 2.05) is 24.3 Å². The lowest BCUT2D eigenvalue weighted by atomic mass is 10.2. The van der Waals surface area contributed by atoms with E-state index in [4.69, 9.17) is 26.3 Å². The Balaban J connectivity index is 1.69. The van der Waals surface area contributed by atoms with Crippen LogP contribution in [0, 0.1) is 5.82 Å². The molecule has 0 aliphatic carbocycles. The Kier molecular flexibility index (Phi) is 4.44. The fourth-order valence-corrected chi connectivity index (χ4v) is 4.45. The highest BCUT2D eigenvalue weighted by molar-refractivity contribution is 6.31. The molecule has 2 aromatic carbocycles. The van der Waals surface area contributed by atoms with Gasteiger partial charge in [-0.15, -0.1) is 0 Å². The molecule has 1 atom stereocenters. The van der Waals surface area contributed by atoms with Crippen LogP contribution in [0.3, 0.4) is 0 Å². The van der Waals surface area contributed by atoms with Gasteiger partial charge in [-0.25, -0.2) is 19.3 Å². The third kappa shape index (κ3) is 2.98. The quantitative estimate of drug-likeness (QED) is 0.411. The molecule has 0 bridgehead atoms. The molecule has 1 aliphatic rings. The maximum absolute atomic E-state index is 13.8. The van der Waals surface area contributed by atoms with E-state index >= 15 is 0 Å². The Morgan fingerprint density at radius 3 is 2.69 bits per heavy atom. The van der Waals surface area contributed by atoms with Crippen LogP contribution in [0.25, 0.3) is 38.9 Å². The monoisotopic (exact) mass is 449 g/mol. The van der Waals surface area contributed by atoms with Gasteiger partial charge in [0.25, 0.3) is 5.56 Å². The molecule has 0 N–H and O–H groups in total. The fourth-order valence-electron chi connectivity index (χ4n) is 4.28. The summed E-state index contributed by atoms with van der Waals surface area (Å²) in [5.74, 6) is -0.528. The summed E-state index contributed by atoms with van der Waals surface area (Å²) < 4.78 is 22.8. The standard InChI is InChI=1S/C23H17ClFN5O2/c24-15-10-13(7-8-16(15)25)30-21-19(20-22(30)28-18-6-2-1-5-17(18)27-20)23(31)29(12-26-21)11-14-4-3-9-32-14/h1-2,5-8,10,12,14H,3-4,9,11H2/t14-/m1/s1. The average molecular weight is 450 g/mol. The van der Waals surface area contributed by atoms with Crippen molar-refractivity contribution in [2.75, 3.05) is 6.61 Å². The molecule has 3 aromatic heterocycles. The Morgan fingerprint density at radius 1 is 1.12 bits per heavy atom. The highest BCUT2D eigenvalue weighted by Crippen LogP contribution is 2.30. The summed E-state index contributed by atoms with van der Waals surface area (Å²) in [5, 5.41) is 0.331. The summed E-state index contributed by atoms with van der Waals surface area (Å²) in [6.45, 7) is 1.13. The zero-order valence-corrected chi connectivity index (χ0v) is 17.6. The topological polar surface area (TPSA) is 74.8 Å². The number of hydrogen-bond donors (Lipinski definition) is 0. The van der Waals surface area contributed by atoms with Gasteiger partial charge in [0, 0.05) is 6.61 Å². The normalized spacial score (nSPS) is 16.5. The van der Waals surface area contributed by atoms with Gasteiger partial charge in [-0.2, -0.15) is 0 Å². The molecule has 4 heterocycles. The molecular weight excluding hydrogens is 433 g/mol. The molecule has 1 aliphatic heterocycles. The first-order valence-electron chi connectivity index (χ1n) is 10.3.